The molecule has 1 rings (SSSR count). The molecule has 0 aliphatic carbocycles. The number of ketones is 1. The molecule has 0 aromatic heterocycles. The largest absolute Gasteiger partial charge is 0.741 e. The first-order valence-electron chi connectivity index (χ1n) is 5.81. The van der Waals surface area contributed by atoms with E-state index in [1.165, 1.54) is 30.4 Å². The van der Waals surface area contributed by atoms with E-state index in [0.29, 0.717) is 11.0 Å². The van der Waals surface area contributed by atoms with E-state index in [-0.39, 0.29) is 0 Å². The lowest BCUT2D eigenvalue weighted by Crippen LogP contribution is -2.26. The summed E-state index contributed by atoms with van der Waals surface area (Å²) in [5.74, 6) is 1.76. The zero-order valence-corrected chi connectivity index (χ0v) is 12.2. The van der Waals surface area contributed by atoms with Crippen LogP contribution in [-0.4, -0.2) is 35.3 Å². The minimum atomic E-state index is -6.09. The number of thiol groups is 1. The maximum Gasteiger partial charge on any atom is 0.485 e. The van der Waals surface area contributed by atoms with Crippen LogP contribution in [0.3, 0.4) is 0 Å². The molecule has 9 heteroatoms. The average Bonchev–Trinajstić information content (AvgIpc) is 2.29. The van der Waals surface area contributed by atoms with Gasteiger partial charge in [-0.1, -0.05) is 6.92 Å². The third-order valence-corrected chi connectivity index (χ3v) is 4.52. The van der Waals surface area contributed by atoms with Gasteiger partial charge < -0.3 is 4.55 Å². The van der Waals surface area contributed by atoms with Crippen LogP contribution in [0.4, 0.5) is 13.2 Å². The van der Waals surface area contributed by atoms with Crippen LogP contribution in [-0.2, 0) is 26.7 Å². The minimum Gasteiger partial charge on any atom is -0.741 e. The first-order valence-corrected chi connectivity index (χ1v) is 8.36. The lowest BCUT2D eigenvalue weighted by molar-refractivity contribution is -0.118. The smallest absolute Gasteiger partial charge is 0.485 e. The Kier molecular flexibility index (Phi) is 7.99. The van der Waals surface area contributed by atoms with Gasteiger partial charge in [-0.25, -0.2) is 8.42 Å². The van der Waals surface area contributed by atoms with Gasteiger partial charge in [0, 0.05) is 12.8 Å². The van der Waals surface area contributed by atoms with Crippen LogP contribution < -0.4 is 0 Å². The fourth-order valence-corrected chi connectivity index (χ4v) is 2.88. The fraction of sp³-hybridized carbons (Fsp3) is 0.900. The number of alkyl halides is 3. The Labute approximate surface area is 114 Å². The van der Waals surface area contributed by atoms with Gasteiger partial charge >= 0.3 is 5.51 Å². The molecule has 1 saturated heterocycles. The monoisotopic (exact) mass is 322 g/mol. The summed E-state index contributed by atoms with van der Waals surface area (Å²) < 4.78 is 58.9. The maximum absolute atomic E-state index is 11.4. The summed E-state index contributed by atoms with van der Waals surface area (Å²) in [5.41, 5.74) is -5.65. The van der Waals surface area contributed by atoms with Crippen molar-refractivity contribution in [3.05, 3.63) is 0 Å². The zero-order valence-electron chi connectivity index (χ0n) is 10.4. The number of carbonyl (C=O) groups is 1. The van der Waals surface area contributed by atoms with Crippen LogP contribution in [0.15, 0.2) is 0 Å². The van der Waals surface area contributed by atoms with Crippen molar-refractivity contribution in [1.82, 2.24) is 0 Å². The van der Waals surface area contributed by atoms with Crippen molar-refractivity contribution in [1.29, 1.82) is 0 Å². The van der Waals surface area contributed by atoms with Gasteiger partial charge in [-0.2, -0.15) is 13.2 Å². The number of carbonyl (C=O) groups excluding carboxylic acids is 1. The Morgan fingerprint density at radius 1 is 1.37 bits per heavy atom. The summed E-state index contributed by atoms with van der Waals surface area (Å²) in [6.07, 6.45) is 5.58. The van der Waals surface area contributed by atoms with Gasteiger partial charge in [-0.05, 0) is 31.0 Å². The molecule has 4 nitrogen and oxygen atoms in total. The number of halogens is 3. The van der Waals surface area contributed by atoms with Crippen LogP contribution in [0.25, 0.3) is 0 Å². The summed E-state index contributed by atoms with van der Waals surface area (Å²) in [6.45, 7) is 2.08. The van der Waals surface area contributed by atoms with Gasteiger partial charge in [0.25, 0.3) is 0 Å². The van der Waals surface area contributed by atoms with Gasteiger partial charge in [0.15, 0.2) is 21.2 Å². The highest BCUT2D eigenvalue weighted by atomic mass is 32.2. The molecular weight excluding hydrogens is 305 g/mol. The SMILES string of the molecule is CCCC(=O)C1CCCC[SH+]1.O=S(=O)([O-])C(F)(F)F. The van der Waals surface area contributed by atoms with Crippen LogP contribution in [0.2, 0.25) is 0 Å². The predicted octanol–water partition coefficient (Wildman–Crippen LogP) is 1.77. The van der Waals surface area contributed by atoms with Gasteiger partial charge in [0.1, 0.15) is 5.75 Å². The normalized spacial score (nSPS) is 20.4. The number of rotatable bonds is 3. The maximum atomic E-state index is 11.4. The average molecular weight is 322 g/mol. The molecule has 114 valence electrons. The first-order chi connectivity index (χ1) is 8.59. The van der Waals surface area contributed by atoms with E-state index < -0.39 is 15.6 Å². The molecule has 1 atom stereocenters. The van der Waals surface area contributed by atoms with Gasteiger partial charge in [-0.3, -0.25) is 4.79 Å². The summed E-state index contributed by atoms with van der Waals surface area (Å²) in [6, 6.07) is 0. The summed E-state index contributed by atoms with van der Waals surface area (Å²) in [5, 5.41) is 0.406. The van der Waals surface area contributed by atoms with Crippen molar-refractivity contribution in [3.63, 3.8) is 0 Å². The molecule has 1 aliphatic heterocycles. The fourth-order valence-electron chi connectivity index (χ4n) is 1.46. The van der Waals surface area contributed by atoms with Gasteiger partial charge in [0.2, 0.25) is 0 Å². The second-order valence-corrected chi connectivity index (χ2v) is 6.84. The van der Waals surface area contributed by atoms with Crippen LogP contribution in [0.5, 0.6) is 0 Å². The third kappa shape index (κ3) is 7.78. The molecule has 0 bridgehead atoms. The highest BCUT2D eigenvalue weighted by Gasteiger charge is 2.36. The summed E-state index contributed by atoms with van der Waals surface area (Å²) in [4.78, 5) is 11.4. The first kappa shape index (κ1) is 18.7. The lowest BCUT2D eigenvalue weighted by atomic mass is 10.1. The minimum absolute atomic E-state index is 0.406. The second kappa shape index (κ2) is 8.11. The van der Waals surface area contributed by atoms with E-state index in [1.54, 1.807) is 0 Å². The molecule has 1 unspecified atom stereocenters. The Morgan fingerprint density at radius 3 is 2.21 bits per heavy atom. The highest BCUT2D eigenvalue weighted by molar-refractivity contribution is 7.86. The van der Waals surface area contributed by atoms with Crippen LogP contribution in [0.1, 0.15) is 39.0 Å². The second-order valence-electron chi connectivity index (χ2n) is 4.03. The van der Waals surface area contributed by atoms with Crippen molar-refractivity contribution >= 4 is 27.7 Å². The molecule has 0 spiro atoms. The molecular formula is C10H17F3O4S2. The summed E-state index contributed by atoms with van der Waals surface area (Å²) in [7, 11) is -6.09. The zero-order chi connectivity index (χ0) is 15.1. The molecule has 0 radical (unpaired) electrons. The Bertz CT molecular complexity index is 373. The van der Waals surface area contributed by atoms with Crippen molar-refractivity contribution in [2.45, 2.75) is 49.8 Å². The Balaban J connectivity index is 0.000000362. The third-order valence-electron chi connectivity index (χ3n) is 2.39. The highest BCUT2D eigenvalue weighted by Crippen LogP contribution is 2.20. The van der Waals surface area contributed by atoms with E-state index in [1.807, 2.05) is 0 Å². The van der Waals surface area contributed by atoms with E-state index in [4.69, 9.17) is 13.0 Å². The van der Waals surface area contributed by atoms with Crippen LogP contribution >= 0.6 is 0 Å². The van der Waals surface area contributed by atoms with Gasteiger partial charge in [-0.15, -0.1) is 0 Å². The van der Waals surface area contributed by atoms with E-state index in [9.17, 15) is 18.0 Å². The molecule has 0 aromatic rings. The van der Waals surface area contributed by atoms with E-state index >= 15 is 0 Å². The van der Waals surface area contributed by atoms with Crippen molar-refractivity contribution in [2.75, 3.05) is 5.75 Å². The topological polar surface area (TPSA) is 74.3 Å². The molecule has 0 N–H and O–H groups in total. The number of hydrogen-bond acceptors (Lipinski definition) is 4. The van der Waals surface area contributed by atoms with E-state index in [2.05, 4.69) is 6.92 Å². The van der Waals surface area contributed by atoms with Gasteiger partial charge in [0.05, 0.1) is 0 Å². The number of Topliss-reactive ketones (excluding diaryl/α,β-unsaturated/α-hetero) is 1. The number of hydrogen-bond donors (Lipinski definition) is 0. The molecule has 19 heavy (non-hydrogen) atoms. The quantitative estimate of drug-likeness (QED) is 0.343. The molecule has 0 amide bonds. The predicted molar refractivity (Wildman–Crippen MR) is 66.9 cm³/mol. The van der Waals surface area contributed by atoms with Crippen molar-refractivity contribution in [2.24, 2.45) is 0 Å². The van der Waals surface area contributed by atoms with Crippen LogP contribution in [0, 0.1) is 0 Å². The Hall–Kier alpha value is -0.280. The standard InChI is InChI=1S/C9H16OS.CHF3O3S/c1-2-5-8(10)9-6-3-4-7-11-9;2-1(3,4)8(5,6)7/h9H,2-7H2,1H3;(H,5,6,7). The molecule has 1 heterocycles. The summed E-state index contributed by atoms with van der Waals surface area (Å²) >= 11 is 1.40. The van der Waals surface area contributed by atoms with E-state index in [0.717, 1.165) is 19.3 Å². The lowest BCUT2D eigenvalue weighted by Gasteiger charge is -2.12. The van der Waals surface area contributed by atoms with Crippen molar-refractivity contribution in [3.8, 4) is 0 Å². The Morgan fingerprint density at radius 2 is 1.89 bits per heavy atom. The molecule has 0 aromatic carbocycles. The molecule has 1 fully saturated rings. The van der Waals surface area contributed by atoms with Crippen molar-refractivity contribution < 1.29 is 30.9 Å². The molecule has 0 saturated carbocycles. The molecule has 1 aliphatic rings.